The number of nitrogens with zero attached hydrogens (tertiary/aromatic N) is 2. The van der Waals surface area contributed by atoms with E-state index in [9.17, 15) is 14.7 Å². The minimum atomic E-state index is -0.492. The molecule has 1 N–H and O–H groups in total. The highest BCUT2D eigenvalue weighted by atomic mass is 16.6. The largest absolute Gasteiger partial charge is 0.444 e. The van der Waals surface area contributed by atoms with Crippen LogP contribution in [-0.2, 0) is 9.53 Å². The second kappa shape index (κ2) is 7.51. The summed E-state index contributed by atoms with van der Waals surface area (Å²) in [7, 11) is 0. The number of likely N-dealkylation sites (tertiary alicyclic amines) is 2. The minimum absolute atomic E-state index is 0.133. The molecule has 0 unspecified atom stereocenters. The summed E-state index contributed by atoms with van der Waals surface area (Å²) in [6.07, 6.45) is 4.73. The predicted octanol–water partition coefficient (Wildman–Crippen LogP) is 2.01. The molecule has 0 bridgehead atoms. The summed E-state index contributed by atoms with van der Waals surface area (Å²) in [6, 6.07) is 0.133. The molecule has 0 aromatic carbocycles. The molecule has 2 rings (SSSR count). The van der Waals surface area contributed by atoms with Crippen LogP contribution in [-0.4, -0.2) is 64.8 Å². The maximum atomic E-state index is 12.3. The highest BCUT2D eigenvalue weighted by Crippen LogP contribution is 2.30. The van der Waals surface area contributed by atoms with Gasteiger partial charge in [0.05, 0.1) is 0 Å². The molecule has 2 aliphatic rings. The molecule has 0 radical (unpaired) electrons. The molecule has 2 amide bonds. The Kier molecular flexibility index (Phi) is 5.89. The molecule has 0 spiro atoms. The summed E-state index contributed by atoms with van der Waals surface area (Å²) in [5.74, 6) is 0.0798. The average Bonchev–Trinajstić information content (AvgIpc) is 2.52. The minimum Gasteiger partial charge on any atom is -0.444 e. The fourth-order valence-corrected chi connectivity index (χ4v) is 3.66. The first-order valence-electron chi connectivity index (χ1n) is 8.70. The van der Waals surface area contributed by atoms with Crippen molar-refractivity contribution in [3.05, 3.63) is 0 Å². The maximum Gasteiger partial charge on any atom is 0.410 e. The van der Waals surface area contributed by atoms with Crippen molar-refractivity contribution in [3.63, 3.8) is 0 Å². The van der Waals surface area contributed by atoms with Gasteiger partial charge >= 0.3 is 6.09 Å². The van der Waals surface area contributed by atoms with E-state index in [0.29, 0.717) is 19.6 Å². The number of aliphatic hydroxyl groups excluding tert-OH is 1. The number of hydrogen-bond acceptors (Lipinski definition) is 4. The third-order valence-corrected chi connectivity index (χ3v) is 4.66. The van der Waals surface area contributed by atoms with Crippen molar-refractivity contribution in [3.8, 4) is 0 Å². The van der Waals surface area contributed by atoms with Gasteiger partial charge in [-0.3, -0.25) is 4.79 Å². The predicted molar refractivity (Wildman–Crippen MR) is 87.0 cm³/mol. The Labute approximate surface area is 138 Å². The molecule has 0 aromatic rings. The number of carbonyl (C=O) groups is 2. The van der Waals surface area contributed by atoms with Gasteiger partial charge in [-0.25, -0.2) is 4.79 Å². The zero-order valence-corrected chi connectivity index (χ0v) is 14.6. The van der Waals surface area contributed by atoms with Crippen molar-refractivity contribution in [2.24, 2.45) is 5.92 Å². The molecule has 132 valence electrons. The van der Waals surface area contributed by atoms with Gasteiger partial charge in [0.2, 0.25) is 5.91 Å². The van der Waals surface area contributed by atoms with Crippen molar-refractivity contribution in [1.29, 1.82) is 0 Å². The lowest BCUT2D eigenvalue weighted by Crippen LogP contribution is -2.53. The van der Waals surface area contributed by atoms with Gasteiger partial charge in [-0.2, -0.15) is 0 Å². The quantitative estimate of drug-likeness (QED) is 0.843. The van der Waals surface area contributed by atoms with Crippen LogP contribution in [0.25, 0.3) is 0 Å². The van der Waals surface area contributed by atoms with Gasteiger partial charge in [-0.1, -0.05) is 0 Å². The van der Waals surface area contributed by atoms with Crippen molar-refractivity contribution < 1.29 is 19.4 Å². The highest BCUT2D eigenvalue weighted by Gasteiger charge is 2.36. The Balaban J connectivity index is 2.01. The second-order valence-electron chi connectivity index (χ2n) is 7.64. The van der Waals surface area contributed by atoms with Crippen LogP contribution in [0.15, 0.2) is 0 Å². The Morgan fingerprint density at radius 3 is 2.52 bits per heavy atom. The van der Waals surface area contributed by atoms with E-state index in [0.717, 1.165) is 32.1 Å². The summed E-state index contributed by atoms with van der Waals surface area (Å²) >= 11 is 0. The second-order valence-corrected chi connectivity index (χ2v) is 7.64. The summed E-state index contributed by atoms with van der Waals surface area (Å²) in [5, 5.41) is 9.20. The fraction of sp³-hybridized carbons (Fsp3) is 0.882. The van der Waals surface area contributed by atoms with Crippen molar-refractivity contribution in [1.82, 2.24) is 9.80 Å². The number of rotatable bonds is 2. The van der Waals surface area contributed by atoms with Crippen LogP contribution >= 0.6 is 0 Å². The number of amides is 2. The first-order chi connectivity index (χ1) is 10.8. The van der Waals surface area contributed by atoms with Gasteiger partial charge in [-0.15, -0.1) is 0 Å². The van der Waals surface area contributed by atoms with E-state index in [1.54, 1.807) is 4.90 Å². The molecular weight excluding hydrogens is 296 g/mol. The van der Waals surface area contributed by atoms with Crippen LogP contribution in [0.3, 0.4) is 0 Å². The smallest absolute Gasteiger partial charge is 0.410 e. The third kappa shape index (κ3) is 4.83. The van der Waals surface area contributed by atoms with Gasteiger partial charge in [0.25, 0.3) is 0 Å². The molecule has 0 aliphatic carbocycles. The van der Waals surface area contributed by atoms with Gasteiger partial charge < -0.3 is 19.6 Å². The van der Waals surface area contributed by atoms with Crippen LogP contribution in [0.1, 0.15) is 52.9 Å². The van der Waals surface area contributed by atoms with Gasteiger partial charge in [0.1, 0.15) is 12.2 Å². The van der Waals surface area contributed by atoms with Gasteiger partial charge in [0.15, 0.2) is 0 Å². The van der Waals surface area contributed by atoms with Gasteiger partial charge in [0, 0.05) is 25.7 Å². The molecule has 0 aromatic heterocycles. The highest BCUT2D eigenvalue weighted by molar-refractivity contribution is 5.77. The molecule has 2 fully saturated rings. The first kappa shape index (κ1) is 18.0. The van der Waals surface area contributed by atoms with Crippen LogP contribution in [0.5, 0.6) is 0 Å². The summed E-state index contributed by atoms with van der Waals surface area (Å²) < 4.78 is 5.47. The van der Waals surface area contributed by atoms with Crippen LogP contribution in [0.4, 0.5) is 4.79 Å². The lowest BCUT2D eigenvalue weighted by molar-refractivity contribution is -0.139. The number of carbonyl (C=O) groups excluding carboxylic acids is 2. The van der Waals surface area contributed by atoms with Crippen LogP contribution in [0.2, 0.25) is 0 Å². The zero-order valence-electron chi connectivity index (χ0n) is 14.6. The summed E-state index contributed by atoms with van der Waals surface area (Å²) in [4.78, 5) is 27.9. The molecule has 2 saturated heterocycles. The monoisotopic (exact) mass is 326 g/mol. The van der Waals surface area contributed by atoms with E-state index in [2.05, 4.69) is 0 Å². The van der Waals surface area contributed by atoms with E-state index in [1.807, 2.05) is 25.7 Å². The Morgan fingerprint density at radius 1 is 1.13 bits per heavy atom. The number of hydrogen-bond donors (Lipinski definition) is 1. The van der Waals surface area contributed by atoms with E-state index < -0.39 is 12.2 Å². The Morgan fingerprint density at radius 2 is 1.87 bits per heavy atom. The molecule has 2 atom stereocenters. The van der Waals surface area contributed by atoms with E-state index >= 15 is 0 Å². The molecule has 0 saturated carbocycles. The Hall–Kier alpha value is -1.30. The number of aliphatic hydroxyl groups is 1. The SMILES string of the molecule is CC(C)(C)OC(=O)N1CCC[C@@H]([C@H]2CCCCN2C(=O)CO)C1. The van der Waals surface area contributed by atoms with Crippen molar-refractivity contribution in [2.75, 3.05) is 26.2 Å². The summed E-state index contributed by atoms with van der Waals surface area (Å²) in [6.45, 7) is 7.24. The Bertz CT molecular complexity index is 433. The van der Waals surface area contributed by atoms with E-state index in [1.165, 1.54) is 0 Å². The summed E-state index contributed by atoms with van der Waals surface area (Å²) in [5.41, 5.74) is -0.492. The number of ether oxygens (including phenoxy) is 1. The van der Waals surface area contributed by atoms with E-state index in [-0.39, 0.29) is 24.0 Å². The first-order valence-corrected chi connectivity index (χ1v) is 8.70. The van der Waals surface area contributed by atoms with Crippen molar-refractivity contribution >= 4 is 12.0 Å². The lowest BCUT2D eigenvalue weighted by Gasteiger charge is -2.44. The fourth-order valence-electron chi connectivity index (χ4n) is 3.66. The van der Waals surface area contributed by atoms with Crippen LogP contribution < -0.4 is 0 Å². The maximum absolute atomic E-state index is 12.3. The van der Waals surface area contributed by atoms with Gasteiger partial charge in [-0.05, 0) is 58.8 Å². The topological polar surface area (TPSA) is 70.1 Å². The molecule has 6 nitrogen and oxygen atoms in total. The average molecular weight is 326 g/mol. The van der Waals surface area contributed by atoms with Crippen LogP contribution in [0, 0.1) is 5.92 Å². The molecule has 2 heterocycles. The molecule has 2 aliphatic heterocycles. The zero-order chi connectivity index (χ0) is 17.0. The number of piperidine rings is 2. The van der Waals surface area contributed by atoms with Crippen molar-refractivity contribution in [2.45, 2.75) is 64.5 Å². The molecule has 23 heavy (non-hydrogen) atoms. The van der Waals surface area contributed by atoms with E-state index in [4.69, 9.17) is 4.74 Å². The third-order valence-electron chi connectivity index (χ3n) is 4.66. The molecule has 6 heteroatoms. The standard InChI is InChI=1S/C17H30N2O4/c1-17(2,3)23-16(22)18-9-6-7-13(11-18)14-8-4-5-10-19(14)15(21)12-20/h13-14,20H,4-12H2,1-3H3/t13-,14-/m1/s1. The lowest BCUT2D eigenvalue weighted by atomic mass is 9.84. The molecular formula is C17H30N2O4. The normalized spacial score (nSPS) is 26.1.